The fourth-order valence-corrected chi connectivity index (χ4v) is 5.93. The second-order valence-electron chi connectivity index (χ2n) is 7.04. The Hall–Kier alpha value is -1.97. The normalized spacial score (nSPS) is 11.7. The first-order chi connectivity index (χ1) is 15.3. The number of halogens is 2. The Morgan fingerprint density at radius 2 is 1.72 bits per heavy atom. The third-order valence-corrected chi connectivity index (χ3v) is 7.85. The number of anilines is 1. The molecule has 6 nitrogen and oxygen atoms in total. The second-order valence-corrected chi connectivity index (χ2v) is 10.7. The van der Waals surface area contributed by atoms with Crippen molar-refractivity contribution in [3.05, 3.63) is 63.5 Å². The van der Waals surface area contributed by atoms with Gasteiger partial charge in [-0.05, 0) is 55.3 Å². The number of sulfonamides is 1. The number of thiazole rings is 1. The Labute approximate surface area is 202 Å². The molecule has 2 aromatic carbocycles. The molecule has 0 fully saturated rings. The Morgan fingerprint density at radius 1 is 1.06 bits per heavy atom. The summed E-state index contributed by atoms with van der Waals surface area (Å²) in [4.78, 5) is 17.2. The molecule has 10 heteroatoms. The van der Waals surface area contributed by atoms with Crippen LogP contribution in [-0.4, -0.2) is 36.7 Å². The van der Waals surface area contributed by atoms with Gasteiger partial charge in [0.15, 0.2) is 5.13 Å². The van der Waals surface area contributed by atoms with Crippen molar-refractivity contribution in [2.45, 2.75) is 31.6 Å². The fourth-order valence-electron chi connectivity index (χ4n) is 3.10. The van der Waals surface area contributed by atoms with Crippen molar-refractivity contribution in [2.24, 2.45) is 0 Å². The monoisotopic (exact) mass is 511 g/mol. The third kappa shape index (κ3) is 5.68. The van der Waals surface area contributed by atoms with Crippen LogP contribution in [0.15, 0.2) is 52.7 Å². The highest BCUT2D eigenvalue weighted by Crippen LogP contribution is 2.32. The van der Waals surface area contributed by atoms with Gasteiger partial charge in [0.2, 0.25) is 10.0 Å². The lowest BCUT2D eigenvalue weighted by Crippen LogP contribution is -2.32. The van der Waals surface area contributed by atoms with Gasteiger partial charge in [-0.15, -0.1) is 11.3 Å². The maximum atomic E-state index is 12.9. The van der Waals surface area contributed by atoms with Gasteiger partial charge in [-0.2, -0.15) is 4.31 Å². The molecule has 1 aromatic heterocycles. The van der Waals surface area contributed by atoms with Gasteiger partial charge in [-0.25, -0.2) is 13.4 Å². The third-order valence-electron chi connectivity index (χ3n) is 4.63. The molecule has 0 radical (unpaired) electrons. The van der Waals surface area contributed by atoms with Gasteiger partial charge in [0.05, 0.1) is 15.6 Å². The maximum Gasteiger partial charge on any atom is 0.257 e. The zero-order valence-corrected chi connectivity index (χ0v) is 20.8. The average molecular weight is 512 g/mol. The van der Waals surface area contributed by atoms with Crippen LogP contribution in [0.4, 0.5) is 5.13 Å². The lowest BCUT2D eigenvalue weighted by atomic mass is 10.2. The molecular formula is C22H23Cl2N3O3S2. The summed E-state index contributed by atoms with van der Waals surface area (Å²) in [6.45, 7) is 4.80. The van der Waals surface area contributed by atoms with E-state index in [1.807, 2.05) is 13.8 Å². The number of carbonyl (C=O) groups is 1. The minimum atomic E-state index is -3.59. The Morgan fingerprint density at radius 3 is 2.31 bits per heavy atom. The molecule has 0 saturated heterocycles. The predicted octanol–water partition coefficient (Wildman–Crippen LogP) is 6.18. The summed E-state index contributed by atoms with van der Waals surface area (Å²) in [7, 11) is -3.59. The smallest absolute Gasteiger partial charge is 0.257 e. The van der Waals surface area contributed by atoms with Crippen LogP contribution in [0.25, 0.3) is 11.3 Å². The molecule has 1 N–H and O–H groups in total. The van der Waals surface area contributed by atoms with E-state index in [0.29, 0.717) is 45.1 Å². The molecular weight excluding hydrogens is 489 g/mol. The van der Waals surface area contributed by atoms with Crippen molar-refractivity contribution < 1.29 is 13.2 Å². The van der Waals surface area contributed by atoms with Crippen molar-refractivity contribution in [3.63, 3.8) is 0 Å². The second kappa shape index (κ2) is 10.8. The average Bonchev–Trinajstić information content (AvgIpc) is 3.21. The number of hydrogen-bond donors (Lipinski definition) is 1. The van der Waals surface area contributed by atoms with Gasteiger partial charge in [0.25, 0.3) is 5.91 Å². The summed E-state index contributed by atoms with van der Waals surface area (Å²) in [6.07, 6.45) is 1.47. The minimum absolute atomic E-state index is 0.171. The molecule has 0 spiro atoms. The van der Waals surface area contributed by atoms with E-state index in [2.05, 4.69) is 10.3 Å². The van der Waals surface area contributed by atoms with Gasteiger partial charge >= 0.3 is 0 Å². The lowest BCUT2D eigenvalue weighted by Gasteiger charge is -2.21. The largest absolute Gasteiger partial charge is 0.298 e. The van der Waals surface area contributed by atoms with E-state index in [4.69, 9.17) is 23.2 Å². The van der Waals surface area contributed by atoms with Crippen LogP contribution < -0.4 is 5.32 Å². The summed E-state index contributed by atoms with van der Waals surface area (Å²) in [5.74, 6) is -0.379. The van der Waals surface area contributed by atoms with E-state index in [9.17, 15) is 13.2 Å². The zero-order chi connectivity index (χ0) is 23.3. The molecule has 32 heavy (non-hydrogen) atoms. The highest BCUT2D eigenvalue weighted by Gasteiger charge is 2.23. The van der Waals surface area contributed by atoms with Crippen molar-refractivity contribution in [3.8, 4) is 11.3 Å². The van der Waals surface area contributed by atoms with Crippen LogP contribution in [0.5, 0.6) is 0 Å². The van der Waals surface area contributed by atoms with Crippen molar-refractivity contribution in [1.82, 2.24) is 9.29 Å². The Kier molecular flexibility index (Phi) is 8.30. The molecule has 1 amide bonds. The SMILES string of the molecule is CCCN(CCC)S(=O)(=O)c1ccc(C(=O)Nc2nc(-c3ccc(Cl)cc3Cl)cs2)cc1. The lowest BCUT2D eigenvalue weighted by molar-refractivity contribution is 0.102. The first kappa shape index (κ1) is 24.7. The van der Waals surface area contributed by atoms with E-state index >= 15 is 0 Å². The number of benzene rings is 2. The molecule has 0 atom stereocenters. The molecule has 0 aliphatic carbocycles. The van der Waals surface area contributed by atoms with Gasteiger partial charge < -0.3 is 0 Å². The van der Waals surface area contributed by atoms with E-state index in [1.165, 1.54) is 39.9 Å². The van der Waals surface area contributed by atoms with Gasteiger partial charge in [0.1, 0.15) is 0 Å². The summed E-state index contributed by atoms with van der Waals surface area (Å²) in [5, 5.41) is 5.93. The first-order valence-corrected chi connectivity index (χ1v) is 13.2. The van der Waals surface area contributed by atoms with Crippen LogP contribution in [0.2, 0.25) is 10.0 Å². The highest BCUT2D eigenvalue weighted by atomic mass is 35.5. The van der Waals surface area contributed by atoms with Crippen LogP contribution in [-0.2, 0) is 10.0 Å². The number of hydrogen-bond acceptors (Lipinski definition) is 5. The number of rotatable bonds is 9. The van der Waals surface area contributed by atoms with E-state index in [0.717, 1.165) is 12.8 Å². The van der Waals surface area contributed by atoms with E-state index < -0.39 is 10.0 Å². The molecule has 1 heterocycles. The molecule has 3 rings (SSSR count). The molecule has 0 bridgehead atoms. The summed E-state index contributed by atoms with van der Waals surface area (Å²) in [5.41, 5.74) is 1.68. The van der Waals surface area contributed by atoms with Crippen molar-refractivity contribution >= 4 is 55.6 Å². The minimum Gasteiger partial charge on any atom is -0.298 e. The molecule has 170 valence electrons. The molecule has 0 aliphatic rings. The standard InChI is InChI=1S/C22H23Cl2N3O3S2/c1-3-11-27(12-4-2)32(29,30)17-8-5-15(6-9-17)21(28)26-22-25-20(14-31-22)18-10-7-16(23)13-19(18)24/h5-10,13-14H,3-4,11-12H2,1-2H3,(H,25,26,28). The predicted molar refractivity (Wildman–Crippen MR) is 131 cm³/mol. The fraction of sp³-hybridized carbons (Fsp3) is 0.273. The summed E-state index contributed by atoms with van der Waals surface area (Å²) >= 11 is 13.4. The van der Waals surface area contributed by atoms with E-state index in [1.54, 1.807) is 23.6 Å². The number of nitrogens with one attached hydrogen (secondary N) is 1. The van der Waals surface area contributed by atoms with Crippen LogP contribution in [0.3, 0.4) is 0 Å². The molecule has 3 aromatic rings. The topological polar surface area (TPSA) is 79.4 Å². The van der Waals surface area contributed by atoms with Gasteiger partial charge in [0, 0.05) is 34.6 Å². The Balaban J connectivity index is 1.73. The first-order valence-electron chi connectivity index (χ1n) is 10.1. The number of aromatic nitrogens is 1. The van der Waals surface area contributed by atoms with Crippen LogP contribution in [0.1, 0.15) is 37.0 Å². The quantitative estimate of drug-likeness (QED) is 0.371. The highest BCUT2D eigenvalue weighted by molar-refractivity contribution is 7.89. The zero-order valence-electron chi connectivity index (χ0n) is 17.6. The van der Waals surface area contributed by atoms with Crippen molar-refractivity contribution in [2.75, 3.05) is 18.4 Å². The molecule has 0 aliphatic heterocycles. The Bertz CT molecular complexity index is 1190. The number of carbonyl (C=O) groups excluding carboxylic acids is 1. The van der Waals surface area contributed by atoms with Gasteiger partial charge in [-0.1, -0.05) is 37.0 Å². The summed E-state index contributed by atoms with van der Waals surface area (Å²) < 4.78 is 27.2. The van der Waals surface area contributed by atoms with Crippen molar-refractivity contribution in [1.29, 1.82) is 0 Å². The van der Waals surface area contributed by atoms with Crippen LogP contribution >= 0.6 is 34.5 Å². The van der Waals surface area contributed by atoms with Crippen LogP contribution in [0, 0.1) is 0 Å². The summed E-state index contributed by atoms with van der Waals surface area (Å²) in [6, 6.07) is 11.1. The number of amides is 1. The molecule has 0 saturated carbocycles. The maximum absolute atomic E-state index is 12.9. The molecule has 0 unspecified atom stereocenters. The number of nitrogens with zero attached hydrogens (tertiary/aromatic N) is 2. The van der Waals surface area contributed by atoms with E-state index in [-0.39, 0.29) is 10.8 Å². The van der Waals surface area contributed by atoms with Gasteiger partial charge in [-0.3, -0.25) is 10.1 Å².